The number of benzodiazepines with no additional fused rings is 1. The number of anilines is 1. The Morgan fingerprint density at radius 1 is 1.24 bits per heavy atom. The van der Waals surface area contributed by atoms with Gasteiger partial charge in [0.25, 0.3) is 0 Å². The van der Waals surface area contributed by atoms with Crippen molar-refractivity contribution in [1.82, 2.24) is 0 Å². The fourth-order valence-electron chi connectivity index (χ4n) is 2.67. The molecule has 6 nitrogen and oxygen atoms in total. The van der Waals surface area contributed by atoms with Gasteiger partial charge in [0, 0.05) is 22.6 Å². The molecule has 25 heavy (non-hydrogen) atoms. The minimum atomic E-state index is -0.994. The van der Waals surface area contributed by atoms with Crippen molar-refractivity contribution in [1.29, 1.82) is 0 Å². The summed E-state index contributed by atoms with van der Waals surface area (Å²) in [5.74, 6) is -1.31. The van der Waals surface area contributed by atoms with E-state index in [-0.39, 0.29) is 24.5 Å². The maximum absolute atomic E-state index is 12.4. The van der Waals surface area contributed by atoms with E-state index in [2.05, 4.69) is 10.3 Å². The summed E-state index contributed by atoms with van der Waals surface area (Å²) < 4.78 is 0. The topological polar surface area (TPSA) is 99.0 Å². The third-order valence-electron chi connectivity index (χ3n) is 3.83. The number of nitrogens with one attached hydrogen (secondary N) is 1. The van der Waals surface area contributed by atoms with Crippen molar-refractivity contribution in [3.8, 4) is 5.75 Å². The van der Waals surface area contributed by atoms with Crippen molar-refractivity contribution in [2.24, 2.45) is 4.99 Å². The molecular formula is C18H15ClN2O4. The Morgan fingerprint density at radius 3 is 2.76 bits per heavy atom. The summed E-state index contributed by atoms with van der Waals surface area (Å²) in [7, 11) is 0. The van der Waals surface area contributed by atoms with Crippen molar-refractivity contribution in [2.75, 3.05) is 5.32 Å². The van der Waals surface area contributed by atoms with E-state index in [9.17, 15) is 14.7 Å². The summed E-state index contributed by atoms with van der Waals surface area (Å²) in [6.45, 7) is 0. The molecule has 0 bridgehead atoms. The van der Waals surface area contributed by atoms with Crippen LogP contribution < -0.4 is 5.32 Å². The van der Waals surface area contributed by atoms with E-state index in [4.69, 9.17) is 16.7 Å². The number of aliphatic carboxylic acids is 1. The number of phenols is 1. The molecule has 128 valence electrons. The van der Waals surface area contributed by atoms with Gasteiger partial charge in [0.2, 0.25) is 5.91 Å². The first-order valence-electron chi connectivity index (χ1n) is 7.64. The molecule has 0 aromatic heterocycles. The Hall–Kier alpha value is -2.86. The predicted octanol–water partition coefficient (Wildman–Crippen LogP) is 3.07. The monoisotopic (exact) mass is 358 g/mol. The summed E-state index contributed by atoms with van der Waals surface area (Å²) >= 11 is 6.03. The summed E-state index contributed by atoms with van der Waals surface area (Å²) in [5, 5.41) is 21.9. The number of rotatable bonds is 4. The van der Waals surface area contributed by atoms with E-state index in [1.807, 2.05) is 0 Å². The average molecular weight is 359 g/mol. The summed E-state index contributed by atoms with van der Waals surface area (Å²) in [4.78, 5) is 27.8. The fourth-order valence-corrected chi connectivity index (χ4v) is 2.84. The Bertz CT molecular complexity index is 879. The zero-order chi connectivity index (χ0) is 18.0. The number of nitrogens with zero attached hydrogens (tertiary/aromatic N) is 1. The number of aromatic hydroxyl groups is 1. The highest BCUT2D eigenvalue weighted by molar-refractivity contribution is 6.31. The molecule has 0 aliphatic carbocycles. The van der Waals surface area contributed by atoms with Crippen LogP contribution in [0, 0.1) is 0 Å². The second kappa shape index (κ2) is 6.94. The summed E-state index contributed by atoms with van der Waals surface area (Å²) in [5.41, 5.74) is 2.27. The van der Waals surface area contributed by atoms with Gasteiger partial charge in [-0.05, 0) is 36.8 Å². The first kappa shape index (κ1) is 17.0. The Morgan fingerprint density at radius 2 is 2.04 bits per heavy atom. The standard InChI is InChI=1S/C18H15ClN2O4/c19-11-4-5-13-15(9-11)21-18(25)14(6-7-16(23)24)20-17(13)10-2-1-3-12(22)8-10/h1-5,8-9,14,22H,6-7H2,(H,21,25)(H,23,24). The van der Waals surface area contributed by atoms with Crippen molar-refractivity contribution in [3.63, 3.8) is 0 Å². The zero-order valence-electron chi connectivity index (χ0n) is 13.1. The molecule has 1 atom stereocenters. The molecule has 3 N–H and O–H groups in total. The van der Waals surface area contributed by atoms with Gasteiger partial charge >= 0.3 is 5.97 Å². The van der Waals surface area contributed by atoms with Gasteiger partial charge in [0.15, 0.2) is 0 Å². The van der Waals surface area contributed by atoms with Crippen molar-refractivity contribution < 1.29 is 19.8 Å². The molecule has 2 aromatic carbocycles. The van der Waals surface area contributed by atoms with Gasteiger partial charge in [-0.1, -0.05) is 23.7 Å². The number of hydrogen-bond donors (Lipinski definition) is 3. The van der Waals surface area contributed by atoms with Crippen LogP contribution in [0.25, 0.3) is 0 Å². The molecule has 1 heterocycles. The van der Waals surface area contributed by atoms with E-state index in [0.29, 0.717) is 27.5 Å². The van der Waals surface area contributed by atoms with Crippen LogP contribution in [0.4, 0.5) is 5.69 Å². The Balaban J connectivity index is 2.12. The van der Waals surface area contributed by atoms with Crippen LogP contribution in [0.15, 0.2) is 47.5 Å². The van der Waals surface area contributed by atoms with Crippen molar-refractivity contribution in [3.05, 3.63) is 58.6 Å². The second-order valence-corrected chi connectivity index (χ2v) is 6.09. The molecule has 1 amide bonds. The Labute approximate surface area is 148 Å². The van der Waals surface area contributed by atoms with E-state index in [1.165, 1.54) is 6.07 Å². The van der Waals surface area contributed by atoms with Crippen LogP contribution in [0.2, 0.25) is 5.02 Å². The number of carboxylic acids is 1. The molecule has 0 saturated heterocycles. The predicted molar refractivity (Wildman–Crippen MR) is 94.5 cm³/mol. The molecule has 1 aliphatic rings. The molecule has 1 unspecified atom stereocenters. The van der Waals surface area contributed by atoms with Gasteiger partial charge in [-0.2, -0.15) is 0 Å². The highest BCUT2D eigenvalue weighted by atomic mass is 35.5. The maximum Gasteiger partial charge on any atom is 0.303 e. The molecule has 0 radical (unpaired) electrons. The first-order chi connectivity index (χ1) is 11.9. The van der Waals surface area contributed by atoms with E-state index in [1.54, 1.807) is 36.4 Å². The van der Waals surface area contributed by atoms with Crippen LogP contribution in [-0.2, 0) is 9.59 Å². The van der Waals surface area contributed by atoms with E-state index in [0.717, 1.165) is 0 Å². The smallest absolute Gasteiger partial charge is 0.303 e. The number of phenolic OH excluding ortho intramolecular Hbond substituents is 1. The molecule has 0 spiro atoms. The number of hydrogen-bond acceptors (Lipinski definition) is 4. The number of carboxylic acid groups (broad SMARTS) is 1. The Kier molecular flexibility index (Phi) is 4.72. The normalized spacial score (nSPS) is 16.4. The number of aliphatic imine (C=N–C) groups is 1. The lowest BCUT2D eigenvalue weighted by Gasteiger charge is -2.10. The molecule has 0 saturated carbocycles. The van der Waals surface area contributed by atoms with Gasteiger partial charge < -0.3 is 15.5 Å². The number of halogens is 1. The lowest BCUT2D eigenvalue weighted by atomic mass is 10.0. The molecule has 1 aliphatic heterocycles. The number of fused-ring (bicyclic) bond motifs is 1. The third kappa shape index (κ3) is 3.80. The molecule has 2 aromatic rings. The van der Waals surface area contributed by atoms with Gasteiger partial charge in [-0.3, -0.25) is 14.6 Å². The highest BCUT2D eigenvalue weighted by Gasteiger charge is 2.26. The van der Waals surface area contributed by atoms with Crippen molar-refractivity contribution >= 4 is 34.9 Å². The molecule has 0 fully saturated rings. The van der Waals surface area contributed by atoms with Crippen molar-refractivity contribution in [2.45, 2.75) is 18.9 Å². The highest BCUT2D eigenvalue weighted by Crippen LogP contribution is 2.29. The summed E-state index contributed by atoms with van der Waals surface area (Å²) in [6, 6.07) is 10.7. The minimum absolute atomic E-state index is 0.0707. The fraction of sp³-hybridized carbons (Fsp3) is 0.167. The number of carbonyl (C=O) groups is 2. The zero-order valence-corrected chi connectivity index (χ0v) is 13.8. The van der Waals surface area contributed by atoms with Crippen LogP contribution >= 0.6 is 11.6 Å². The lowest BCUT2D eigenvalue weighted by Crippen LogP contribution is -2.26. The average Bonchev–Trinajstić information content (AvgIpc) is 2.68. The van der Waals surface area contributed by atoms with E-state index < -0.39 is 12.0 Å². The largest absolute Gasteiger partial charge is 0.508 e. The van der Waals surface area contributed by atoms with Gasteiger partial charge in [0.1, 0.15) is 11.8 Å². The van der Waals surface area contributed by atoms with Crippen LogP contribution in [-0.4, -0.2) is 33.8 Å². The van der Waals surface area contributed by atoms with Gasteiger partial charge in [-0.15, -0.1) is 0 Å². The second-order valence-electron chi connectivity index (χ2n) is 5.66. The third-order valence-corrected chi connectivity index (χ3v) is 4.07. The number of benzene rings is 2. The van der Waals surface area contributed by atoms with E-state index >= 15 is 0 Å². The van der Waals surface area contributed by atoms with Crippen LogP contribution in [0.1, 0.15) is 24.0 Å². The molecule has 7 heteroatoms. The van der Waals surface area contributed by atoms with Crippen LogP contribution in [0.3, 0.4) is 0 Å². The molecular weight excluding hydrogens is 344 g/mol. The SMILES string of the molecule is O=C(O)CCC1N=C(c2cccc(O)c2)c2ccc(Cl)cc2NC1=O. The lowest BCUT2D eigenvalue weighted by molar-refractivity contribution is -0.137. The van der Waals surface area contributed by atoms with Gasteiger partial charge in [-0.25, -0.2) is 0 Å². The van der Waals surface area contributed by atoms with Gasteiger partial charge in [0.05, 0.1) is 11.4 Å². The maximum atomic E-state index is 12.4. The molecule has 3 rings (SSSR count). The number of amides is 1. The quantitative estimate of drug-likeness (QED) is 0.782. The first-order valence-corrected chi connectivity index (χ1v) is 8.01. The van der Waals surface area contributed by atoms with Crippen LogP contribution in [0.5, 0.6) is 5.75 Å². The minimum Gasteiger partial charge on any atom is -0.508 e. The summed E-state index contributed by atoms with van der Waals surface area (Å²) in [6.07, 6.45) is -0.1000. The number of carbonyl (C=O) groups excluding carboxylic acids is 1.